The van der Waals surface area contributed by atoms with E-state index in [1.54, 1.807) is 46.7 Å². The number of likely N-dealkylation sites (N-methyl/N-ethyl adjacent to an activating group) is 11. The van der Waals surface area contributed by atoms with Gasteiger partial charge >= 0.3 is 0 Å². The average Bonchev–Trinajstić information content (AvgIpc) is 3.28. The average molecular weight is 908 g/mol. The maximum atomic E-state index is 13.7. The molecule has 64 heavy (non-hydrogen) atoms. The molecule has 0 bridgehead atoms. The molecule has 0 spiro atoms. The zero-order chi connectivity index (χ0) is 50.3. The Hall–Kier alpha value is -5.47. The van der Waals surface area contributed by atoms with Crippen molar-refractivity contribution in [2.45, 2.75) is 130 Å². The van der Waals surface area contributed by atoms with E-state index in [-0.39, 0.29) is 18.4 Å². The smallest absolute Gasteiger partial charge is 0.248 e. The molecule has 1 aliphatic heterocycles. The summed E-state index contributed by atoms with van der Waals surface area (Å²) >= 11 is 0. The highest BCUT2D eigenvalue weighted by Crippen LogP contribution is 2.17. The van der Waals surface area contributed by atoms with E-state index in [9.17, 15) is 48.3 Å². The Bertz CT molecular complexity index is 1800. The van der Waals surface area contributed by atoms with Crippen LogP contribution in [0.2, 0.25) is 0 Å². The van der Waals surface area contributed by atoms with E-state index in [0.717, 1.165) is 20.9 Å². The van der Waals surface area contributed by atoms with Gasteiger partial charge in [-0.3, -0.25) is 48.1 Å². The van der Waals surface area contributed by atoms with Gasteiger partial charge in [-0.2, -0.15) is 0 Å². The van der Waals surface area contributed by atoms with Gasteiger partial charge in [0.05, 0.1) is 12.2 Å². The molecule has 10 atom stereocenters. The van der Waals surface area contributed by atoms with E-state index in [2.05, 4.69) is 0 Å². The van der Waals surface area contributed by atoms with Crippen LogP contribution >= 0.6 is 0 Å². The number of hydrogen-bond donors (Lipinski definition) is 1. The summed E-state index contributed by atoms with van der Waals surface area (Å²) in [5.74, 6) is -5.23. The van der Waals surface area contributed by atoms with E-state index in [1.165, 1.54) is 139 Å². The van der Waals surface area contributed by atoms with Crippen LogP contribution in [-0.4, -0.2) is 257 Å². The van der Waals surface area contributed by atoms with Crippen LogP contribution in [0.1, 0.15) is 69.2 Å². The van der Waals surface area contributed by atoms with Gasteiger partial charge in [0.1, 0.15) is 48.3 Å². The minimum Gasteiger partial charge on any atom is -0.494 e. The highest BCUT2D eigenvalue weighted by Gasteiger charge is 2.39. The van der Waals surface area contributed by atoms with Gasteiger partial charge < -0.3 is 54.1 Å². The van der Waals surface area contributed by atoms with Crippen molar-refractivity contribution in [3.8, 4) is 0 Å². The molecule has 0 aromatic carbocycles. The topological polar surface area (TPSA) is 210 Å². The molecule has 21 heteroatoms. The largest absolute Gasteiger partial charge is 0.494 e. The van der Waals surface area contributed by atoms with Crippen molar-refractivity contribution in [1.29, 1.82) is 0 Å². The second kappa shape index (κ2) is 22.9. The highest BCUT2D eigenvalue weighted by atomic mass is 16.3. The van der Waals surface area contributed by atoms with Crippen molar-refractivity contribution >= 4 is 53.2 Å². The Morgan fingerprint density at radius 2 is 0.531 bits per heavy atom. The quantitative estimate of drug-likeness (QED) is 0.318. The molecule has 0 aromatic rings. The molecule has 0 aromatic heterocycles. The lowest BCUT2D eigenvalue weighted by atomic mass is 10.1. The molecular weight excluding hydrogens is 831 g/mol. The van der Waals surface area contributed by atoms with Crippen LogP contribution in [0.4, 0.5) is 0 Å². The van der Waals surface area contributed by atoms with Crippen molar-refractivity contribution in [3.63, 3.8) is 0 Å². The monoisotopic (exact) mass is 908 g/mol. The Morgan fingerprint density at radius 3 is 0.797 bits per heavy atom. The van der Waals surface area contributed by atoms with Gasteiger partial charge in [-0.05, 0) is 76.3 Å². The summed E-state index contributed by atoms with van der Waals surface area (Å²) in [6, 6.07) is -9.50. The fourth-order valence-corrected chi connectivity index (χ4v) is 6.94. The molecule has 21 nitrogen and oxygen atoms in total. The number of hydrogen-bond acceptors (Lipinski definition) is 12. The van der Waals surface area contributed by atoms with Crippen LogP contribution in [-0.2, 0) is 43.2 Å². The van der Waals surface area contributed by atoms with Crippen LogP contribution < -0.4 is 0 Å². The van der Waals surface area contributed by atoms with Crippen molar-refractivity contribution in [2.75, 3.05) is 84.1 Å². The summed E-state index contributed by atoms with van der Waals surface area (Å²) in [5.41, 5.74) is 0. The van der Waals surface area contributed by atoms with Gasteiger partial charge in [0.25, 0.3) is 0 Å². The third kappa shape index (κ3) is 12.4. The SMILES string of the molecule is CC1C(=O)N(C)[C@@H](C)C(=O)N(C)C=C(O)N(C)[C@@H](C)C(=O)N(C)[C@@H](C)CN(C)[C@@H](C)C(=O)N(C)[C@@H](C)C(=O)N(C)[C@H](C)C(=O)N(C)[C@@H](C)C(=O)N(C)[C@@H](C)C(=O)N(C)[C@@H](C)C(=O)N1C. The highest BCUT2D eigenvalue weighted by molar-refractivity contribution is 5.97. The predicted octanol–water partition coefficient (Wildman–Crippen LogP) is -0.769. The fourth-order valence-electron chi connectivity index (χ4n) is 6.94. The normalized spacial score (nSPS) is 30.9. The minimum absolute atomic E-state index is 0.250. The maximum Gasteiger partial charge on any atom is 0.248 e. The lowest BCUT2D eigenvalue weighted by Crippen LogP contribution is -2.59. The van der Waals surface area contributed by atoms with Crippen LogP contribution in [0.3, 0.4) is 0 Å². The zero-order valence-corrected chi connectivity index (χ0v) is 42.1. The van der Waals surface area contributed by atoms with Gasteiger partial charge in [-0.15, -0.1) is 0 Å². The fraction of sp³-hybridized carbons (Fsp3) is 0.744. The number of aliphatic hydroxyl groups excluding tert-OH is 1. The predicted molar refractivity (Wildman–Crippen MR) is 241 cm³/mol. The molecule has 0 fully saturated rings. The standard InChI is InChI=1S/C43H77N11O10/c1-24-22-44(11)25(2)36(57)49(16)28(5)39(60)51(18)30(7)41(62)53(20)32(9)43(64)54(21)33(10)42(63)52(19)31(8)40(61)50(17)29(6)38(59)48(15)26(3)35(56)45(12)23-34(55)47(14)27(4)37(58)46(24)13/h23-33,55H,22H2,1-21H3/t24-,25-,26-,27-,28-,29?,30+,31-,32-,33-/m0/s1. The first-order valence-corrected chi connectivity index (χ1v) is 21.4. The Balaban J connectivity index is 3.67. The zero-order valence-electron chi connectivity index (χ0n) is 42.1. The molecule has 1 rings (SSSR count). The van der Waals surface area contributed by atoms with Gasteiger partial charge in [0.15, 0.2) is 0 Å². The number of carbonyl (C=O) groups excluding carboxylic acids is 9. The van der Waals surface area contributed by atoms with Gasteiger partial charge in [-0.25, -0.2) is 0 Å². The van der Waals surface area contributed by atoms with E-state index >= 15 is 0 Å². The summed E-state index contributed by atoms with van der Waals surface area (Å²) in [7, 11) is 16.1. The molecule has 1 N–H and O–H groups in total. The minimum atomic E-state index is -1.09. The van der Waals surface area contributed by atoms with Crippen molar-refractivity contribution < 1.29 is 48.3 Å². The Labute approximate surface area is 380 Å². The van der Waals surface area contributed by atoms with Gasteiger partial charge in [0.2, 0.25) is 59.0 Å². The number of amides is 9. The second-order valence-corrected chi connectivity index (χ2v) is 17.5. The third-order valence-electron chi connectivity index (χ3n) is 13.5. The maximum absolute atomic E-state index is 13.7. The lowest BCUT2D eigenvalue weighted by Gasteiger charge is -2.38. The Kier molecular flexibility index (Phi) is 20.3. The van der Waals surface area contributed by atoms with Crippen molar-refractivity contribution in [3.05, 3.63) is 12.1 Å². The first-order valence-electron chi connectivity index (χ1n) is 21.4. The molecule has 1 heterocycles. The van der Waals surface area contributed by atoms with E-state index in [4.69, 9.17) is 0 Å². The van der Waals surface area contributed by atoms with Crippen molar-refractivity contribution in [2.24, 2.45) is 0 Å². The number of aliphatic hydroxyl groups is 1. The third-order valence-corrected chi connectivity index (χ3v) is 13.5. The molecule has 9 amide bonds. The molecule has 0 saturated heterocycles. The van der Waals surface area contributed by atoms with E-state index in [0.29, 0.717) is 0 Å². The molecule has 0 saturated carbocycles. The number of carbonyl (C=O) groups is 9. The van der Waals surface area contributed by atoms with Crippen LogP contribution in [0.15, 0.2) is 12.1 Å². The van der Waals surface area contributed by atoms with Crippen LogP contribution in [0.25, 0.3) is 0 Å². The second-order valence-electron chi connectivity index (χ2n) is 17.5. The van der Waals surface area contributed by atoms with Crippen molar-refractivity contribution in [1.82, 2.24) is 53.9 Å². The number of nitrogens with zero attached hydrogens (tertiary/aromatic N) is 11. The summed E-state index contributed by atoms with van der Waals surface area (Å²) in [5, 5.41) is 11.0. The number of rotatable bonds is 0. The van der Waals surface area contributed by atoms with Gasteiger partial charge in [0, 0.05) is 83.1 Å². The molecule has 0 aliphatic carbocycles. The summed E-state index contributed by atoms with van der Waals surface area (Å²) in [6.45, 7) is 15.8. The Morgan fingerprint density at radius 1 is 0.328 bits per heavy atom. The lowest BCUT2D eigenvalue weighted by molar-refractivity contribution is -0.155. The summed E-state index contributed by atoms with van der Waals surface area (Å²) in [4.78, 5) is 137. The molecule has 1 unspecified atom stereocenters. The van der Waals surface area contributed by atoms with E-state index < -0.39 is 108 Å². The van der Waals surface area contributed by atoms with Crippen LogP contribution in [0, 0.1) is 0 Å². The molecule has 0 radical (unpaired) electrons. The van der Waals surface area contributed by atoms with Gasteiger partial charge in [-0.1, -0.05) is 0 Å². The summed E-state index contributed by atoms with van der Waals surface area (Å²) in [6.07, 6.45) is 1.13. The van der Waals surface area contributed by atoms with Crippen LogP contribution in [0.5, 0.6) is 0 Å². The molecular formula is C43H77N11O10. The molecule has 1 aliphatic rings. The molecule has 364 valence electrons. The first-order chi connectivity index (χ1) is 29.2. The summed E-state index contributed by atoms with van der Waals surface area (Å²) < 4.78 is 0. The first kappa shape index (κ1) is 56.5. The van der Waals surface area contributed by atoms with E-state index in [1.807, 2.05) is 0 Å².